The molecule has 8 heteroatoms. The number of hydrogen-bond acceptors (Lipinski definition) is 5. The summed E-state index contributed by atoms with van der Waals surface area (Å²) in [5.41, 5.74) is 0.517. The summed E-state index contributed by atoms with van der Waals surface area (Å²) in [5.74, 6) is -0.859. The highest BCUT2D eigenvalue weighted by atomic mass is 16.3. The first-order chi connectivity index (χ1) is 12.9. The number of hydrogen-bond donors (Lipinski definition) is 3. The zero-order valence-corrected chi connectivity index (χ0v) is 14.9. The summed E-state index contributed by atoms with van der Waals surface area (Å²) < 4.78 is 5.15. The SMILES string of the molecule is CC(=O)Nc1ccc(C(=O)N[C@H]2CCCN(C(=O)c3ccco3)C2)c(O)c1. The van der Waals surface area contributed by atoms with Gasteiger partial charge >= 0.3 is 0 Å². The van der Waals surface area contributed by atoms with Crippen LogP contribution in [0.1, 0.15) is 40.7 Å². The molecule has 3 N–H and O–H groups in total. The van der Waals surface area contributed by atoms with Crippen molar-refractivity contribution in [1.82, 2.24) is 10.2 Å². The molecular formula is C19H21N3O5. The Morgan fingerprint density at radius 1 is 1.26 bits per heavy atom. The third-order valence-corrected chi connectivity index (χ3v) is 4.34. The van der Waals surface area contributed by atoms with Gasteiger partial charge in [0.2, 0.25) is 5.91 Å². The van der Waals surface area contributed by atoms with E-state index in [9.17, 15) is 19.5 Å². The van der Waals surface area contributed by atoms with Crippen molar-refractivity contribution in [3.8, 4) is 5.75 Å². The van der Waals surface area contributed by atoms with E-state index < -0.39 is 5.91 Å². The Morgan fingerprint density at radius 2 is 2.07 bits per heavy atom. The lowest BCUT2D eigenvalue weighted by Crippen LogP contribution is -2.49. The van der Waals surface area contributed by atoms with Gasteiger partial charge in [0.05, 0.1) is 11.8 Å². The third kappa shape index (κ3) is 4.46. The van der Waals surface area contributed by atoms with Crippen LogP contribution < -0.4 is 10.6 Å². The molecular weight excluding hydrogens is 350 g/mol. The van der Waals surface area contributed by atoms with Crippen molar-refractivity contribution in [1.29, 1.82) is 0 Å². The molecule has 1 atom stereocenters. The second-order valence-electron chi connectivity index (χ2n) is 6.45. The van der Waals surface area contributed by atoms with E-state index in [1.807, 2.05) is 0 Å². The van der Waals surface area contributed by atoms with Crippen LogP contribution in [0.15, 0.2) is 41.0 Å². The normalized spacial score (nSPS) is 16.6. The molecule has 3 amide bonds. The van der Waals surface area contributed by atoms with Gasteiger partial charge in [-0.3, -0.25) is 14.4 Å². The number of nitrogens with zero attached hydrogens (tertiary/aromatic N) is 1. The summed E-state index contributed by atoms with van der Waals surface area (Å²) in [6.07, 6.45) is 2.94. The molecule has 2 aromatic rings. The van der Waals surface area contributed by atoms with E-state index >= 15 is 0 Å². The quantitative estimate of drug-likeness (QED) is 0.761. The molecule has 0 unspecified atom stereocenters. The highest BCUT2D eigenvalue weighted by molar-refractivity contribution is 5.98. The maximum Gasteiger partial charge on any atom is 0.289 e. The van der Waals surface area contributed by atoms with Crippen molar-refractivity contribution in [2.45, 2.75) is 25.8 Å². The maximum absolute atomic E-state index is 12.5. The smallest absolute Gasteiger partial charge is 0.289 e. The predicted molar refractivity (Wildman–Crippen MR) is 97.5 cm³/mol. The largest absolute Gasteiger partial charge is 0.507 e. The van der Waals surface area contributed by atoms with Crippen LogP contribution >= 0.6 is 0 Å². The van der Waals surface area contributed by atoms with Gasteiger partial charge in [0.15, 0.2) is 5.76 Å². The van der Waals surface area contributed by atoms with E-state index in [0.29, 0.717) is 18.8 Å². The lowest BCUT2D eigenvalue weighted by Gasteiger charge is -2.32. The van der Waals surface area contributed by atoms with Gasteiger partial charge in [-0.25, -0.2) is 0 Å². The van der Waals surface area contributed by atoms with Crippen molar-refractivity contribution >= 4 is 23.4 Å². The van der Waals surface area contributed by atoms with Crippen LogP contribution in [0.25, 0.3) is 0 Å². The number of phenolic OH excluding ortho intramolecular Hbond substituents is 1. The van der Waals surface area contributed by atoms with Crippen LogP contribution in [0, 0.1) is 0 Å². The Balaban J connectivity index is 1.63. The number of amides is 3. The van der Waals surface area contributed by atoms with E-state index in [-0.39, 0.29) is 34.9 Å². The monoisotopic (exact) mass is 371 g/mol. The van der Waals surface area contributed by atoms with E-state index in [2.05, 4.69) is 10.6 Å². The predicted octanol–water partition coefficient (Wildman–Crippen LogP) is 1.98. The zero-order valence-electron chi connectivity index (χ0n) is 14.9. The first-order valence-electron chi connectivity index (χ1n) is 8.68. The third-order valence-electron chi connectivity index (χ3n) is 4.34. The number of anilines is 1. The Bertz CT molecular complexity index is 847. The molecule has 1 aliphatic heterocycles. The van der Waals surface area contributed by atoms with Crippen molar-refractivity contribution in [2.24, 2.45) is 0 Å². The van der Waals surface area contributed by atoms with Gasteiger partial charge in [0.1, 0.15) is 5.75 Å². The van der Waals surface area contributed by atoms with Gasteiger partial charge in [-0.1, -0.05) is 0 Å². The number of carbonyl (C=O) groups excluding carboxylic acids is 3. The van der Waals surface area contributed by atoms with E-state index in [4.69, 9.17) is 4.42 Å². The summed E-state index contributed by atoms with van der Waals surface area (Å²) in [4.78, 5) is 37.6. The Hall–Kier alpha value is -3.29. The van der Waals surface area contributed by atoms with Crippen molar-refractivity contribution in [3.05, 3.63) is 47.9 Å². The zero-order chi connectivity index (χ0) is 19.4. The minimum Gasteiger partial charge on any atom is -0.507 e. The molecule has 1 fully saturated rings. The summed E-state index contributed by atoms with van der Waals surface area (Å²) in [6.45, 7) is 2.33. The highest BCUT2D eigenvalue weighted by Gasteiger charge is 2.27. The number of piperidine rings is 1. The molecule has 1 aromatic heterocycles. The van der Waals surface area contributed by atoms with Gasteiger partial charge in [-0.2, -0.15) is 0 Å². The molecule has 27 heavy (non-hydrogen) atoms. The first kappa shape index (κ1) is 18.5. The first-order valence-corrected chi connectivity index (χ1v) is 8.68. The van der Waals surface area contributed by atoms with Crippen LogP contribution in [0.3, 0.4) is 0 Å². The summed E-state index contributed by atoms with van der Waals surface area (Å²) >= 11 is 0. The number of benzene rings is 1. The lowest BCUT2D eigenvalue weighted by atomic mass is 10.0. The fraction of sp³-hybridized carbons (Fsp3) is 0.316. The average molecular weight is 371 g/mol. The molecule has 0 saturated carbocycles. The van der Waals surface area contributed by atoms with Gasteiger partial charge in [0.25, 0.3) is 11.8 Å². The second-order valence-corrected chi connectivity index (χ2v) is 6.45. The highest BCUT2D eigenvalue weighted by Crippen LogP contribution is 2.23. The minimum absolute atomic E-state index is 0.110. The Labute approximate surface area is 156 Å². The maximum atomic E-state index is 12.5. The molecule has 2 heterocycles. The van der Waals surface area contributed by atoms with Crippen LogP contribution in [-0.2, 0) is 4.79 Å². The molecule has 1 aliphatic rings. The van der Waals surface area contributed by atoms with Gasteiger partial charge in [0, 0.05) is 37.8 Å². The van der Waals surface area contributed by atoms with Crippen LogP contribution in [0.2, 0.25) is 0 Å². The number of furan rings is 1. The van der Waals surface area contributed by atoms with Crippen molar-refractivity contribution in [3.63, 3.8) is 0 Å². The van der Waals surface area contributed by atoms with Crippen molar-refractivity contribution in [2.75, 3.05) is 18.4 Å². The van der Waals surface area contributed by atoms with Crippen LogP contribution in [0.5, 0.6) is 5.75 Å². The fourth-order valence-corrected chi connectivity index (χ4v) is 3.10. The van der Waals surface area contributed by atoms with Gasteiger partial charge in [-0.05, 0) is 37.1 Å². The average Bonchev–Trinajstić information content (AvgIpc) is 3.15. The van der Waals surface area contributed by atoms with E-state index in [0.717, 1.165) is 12.8 Å². The molecule has 8 nitrogen and oxygen atoms in total. The van der Waals surface area contributed by atoms with Gasteiger partial charge in [-0.15, -0.1) is 0 Å². The number of carbonyl (C=O) groups is 3. The Kier molecular flexibility index (Phi) is 5.44. The minimum atomic E-state index is -0.431. The van der Waals surface area contributed by atoms with E-state index in [1.54, 1.807) is 23.1 Å². The summed E-state index contributed by atoms with van der Waals surface area (Å²) in [6, 6.07) is 7.36. The molecule has 1 aromatic carbocycles. The molecule has 3 rings (SSSR count). The molecule has 0 radical (unpaired) electrons. The topological polar surface area (TPSA) is 112 Å². The summed E-state index contributed by atoms with van der Waals surface area (Å²) in [7, 11) is 0. The Morgan fingerprint density at radius 3 is 2.74 bits per heavy atom. The van der Waals surface area contributed by atoms with E-state index in [1.165, 1.54) is 25.3 Å². The fourth-order valence-electron chi connectivity index (χ4n) is 3.10. The summed E-state index contributed by atoms with van der Waals surface area (Å²) in [5, 5.41) is 15.5. The standard InChI is InChI=1S/C19H21N3O5/c1-12(23)20-13-6-7-15(16(24)10-13)18(25)21-14-4-2-8-22(11-14)19(26)17-5-3-9-27-17/h3,5-7,9-10,14,24H,2,4,8,11H2,1H3,(H,20,23)(H,21,25)/t14-/m0/s1. The number of likely N-dealkylation sites (tertiary alicyclic amines) is 1. The number of aromatic hydroxyl groups is 1. The molecule has 142 valence electrons. The number of rotatable bonds is 4. The molecule has 0 aliphatic carbocycles. The molecule has 1 saturated heterocycles. The number of nitrogens with one attached hydrogen (secondary N) is 2. The second kappa shape index (κ2) is 7.94. The lowest BCUT2D eigenvalue weighted by molar-refractivity contribution is -0.114. The molecule has 0 spiro atoms. The van der Waals surface area contributed by atoms with Crippen LogP contribution in [-0.4, -0.2) is 46.9 Å². The van der Waals surface area contributed by atoms with Gasteiger partial charge < -0.3 is 25.1 Å². The number of phenols is 1. The van der Waals surface area contributed by atoms with Crippen molar-refractivity contribution < 1.29 is 23.9 Å². The molecule has 0 bridgehead atoms. The van der Waals surface area contributed by atoms with Crippen LogP contribution in [0.4, 0.5) is 5.69 Å².